The Morgan fingerprint density at radius 1 is 1.20 bits per heavy atom. The van der Waals surface area contributed by atoms with Gasteiger partial charge >= 0.3 is 5.97 Å². The first kappa shape index (κ1) is 14.6. The molecule has 0 aromatic heterocycles. The Morgan fingerprint density at radius 3 is 2.55 bits per heavy atom. The first-order chi connectivity index (χ1) is 9.47. The molecule has 0 bridgehead atoms. The lowest BCUT2D eigenvalue weighted by atomic mass is 10.1. The predicted molar refractivity (Wildman–Crippen MR) is 74.2 cm³/mol. The highest BCUT2D eigenvalue weighted by molar-refractivity contribution is 6.35. The number of hydrogen-bond donors (Lipinski definition) is 1. The smallest absolute Gasteiger partial charge is 0.335 e. The zero-order valence-corrected chi connectivity index (χ0v) is 11.6. The van der Waals surface area contributed by atoms with E-state index in [1.54, 1.807) is 12.1 Å². The Labute approximate surface area is 124 Å². The van der Waals surface area contributed by atoms with Gasteiger partial charge < -0.3 is 9.84 Å². The van der Waals surface area contributed by atoms with Gasteiger partial charge in [-0.1, -0.05) is 29.3 Å². The highest BCUT2D eigenvalue weighted by Gasteiger charge is 2.10. The zero-order chi connectivity index (χ0) is 14.7. The molecular weight excluding hydrogens is 306 g/mol. The van der Waals surface area contributed by atoms with Crippen LogP contribution >= 0.6 is 23.2 Å². The Morgan fingerprint density at radius 2 is 1.95 bits per heavy atom. The number of ether oxygens (including phenoxy) is 1. The van der Waals surface area contributed by atoms with Gasteiger partial charge in [-0.25, -0.2) is 9.18 Å². The van der Waals surface area contributed by atoms with Crippen LogP contribution < -0.4 is 4.74 Å². The molecule has 2 aromatic carbocycles. The fourth-order valence-corrected chi connectivity index (χ4v) is 2.01. The van der Waals surface area contributed by atoms with Crippen LogP contribution in [0.1, 0.15) is 15.9 Å². The van der Waals surface area contributed by atoms with Crippen molar-refractivity contribution in [3.63, 3.8) is 0 Å². The van der Waals surface area contributed by atoms with Crippen molar-refractivity contribution >= 4 is 29.2 Å². The third kappa shape index (κ3) is 3.40. The number of rotatable bonds is 4. The summed E-state index contributed by atoms with van der Waals surface area (Å²) in [5.41, 5.74) is 0.122. The fraction of sp³-hybridized carbons (Fsp3) is 0.0714. The van der Waals surface area contributed by atoms with Gasteiger partial charge in [-0.2, -0.15) is 0 Å². The minimum Gasteiger partial charge on any atom is -0.487 e. The number of carboxylic acid groups (broad SMARTS) is 1. The molecule has 20 heavy (non-hydrogen) atoms. The normalized spacial score (nSPS) is 10.3. The van der Waals surface area contributed by atoms with Crippen LogP contribution in [0.3, 0.4) is 0 Å². The van der Waals surface area contributed by atoms with E-state index < -0.39 is 11.8 Å². The number of carboxylic acids is 1. The molecule has 1 N–H and O–H groups in total. The summed E-state index contributed by atoms with van der Waals surface area (Å²) >= 11 is 11.7. The predicted octanol–water partition coefficient (Wildman–Crippen LogP) is 4.41. The summed E-state index contributed by atoms with van der Waals surface area (Å²) in [5, 5.41) is 9.53. The maximum Gasteiger partial charge on any atom is 0.335 e. The van der Waals surface area contributed by atoms with Crippen LogP contribution in [-0.4, -0.2) is 11.1 Å². The number of aromatic carboxylic acids is 1. The number of hydrogen-bond acceptors (Lipinski definition) is 2. The van der Waals surface area contributed by atoms with Crippen molar-refractivity contribution < 1.29 is 19.0 Å². The molecule has 3 nitrogen and oxygen atoms in total. The van der Waals surface area contributed by atoms with Crippen LogP contribution in [0.25, 0.3) is 0 Å². The second kappa shape index (κ2) is 6.11. The fourth-order valence-electron chi connectivity index (χ4n) is 1.55. The molecule has 2 rings (SSSR count). The first-order valence-corrected chi connectivity index (χ1v) is 6.32. The van der Waals surface area contributed by atoms with Crippen LogP contribution in [0.15, 0.2) is 36.4 Å². The molecule has 0 saturated heterocycles. The molecule has 0 fully saturated rings. The number of halogens is 3. The summed E-state index contributed by atoms with van der Waals surface area (Å²) in [6, 6.07) is 8.32. The maximum atomic E-state index is 13.7. The average Bonchev–Trinajstić information content (AvgIpc) is 2.38. The quantitative estimate of drug-likeness (QED) is 0.909. The molecule has 0 unspecified atom stereocenters. The Bertz CT molecular complexity index is 659. The lowest BCUT2D eigenvalue weighted by molar-refractivity contribution is 0.0696. The second-order valence-corrected chi connectivity index (χ2v) is 4.82. The van der Waals surface area contributed by atoms with E-state index in [1.165, 1.54) is 18.2 Å². The number of carbonyl (C=O) groups is 1. The van der Waals surface area contributed by atoms with Crippen LogP contribution in [-0.2, 0) is 6.61 Å². The van der Waals surface area contributed by atoms with Gasteiger partial charge in [0.25, 0.3) is 0 Å². The third-order valence-corrected chi connectivity index (χ3v) is 3.11. The van der Waals surface area contributed by atoms with Crippen molar-refractivity contribution in [3.8, 4) is 5.75 Å². The minimum absolute atomic E-state index is 0.0624. The summed E-state index contributed by atoms with van der Waals surface area (Å²) in [5.74, 6) is -1.45. The van der Waals surface area contributed by atoms with Gasteiger partial charge in [0.1, 0.15) is 18.2 Å². The molecule has 2 aromatic rings. The number of benzene rings is 2. The molecule has 0 atom stereocenters. The van der Waals surface area contributed by atoms with Crippen LogP contribution in [0.2, 0.25) is 10.0 Å². The highest BCUT2D eigenvalue weighted by Crippen LogP contribution is 2.28. The molecule has 0 saturated carbocycles. The lowest BCUT2D eigenvalue weighted by Crippen LogP contribution is -2.02. The average molecular weight is 315 g/mol. The zero-order valence-electron chi connectivity index (χ0n) is 10.1. The van der Waals surface area contributed by atoms with Crippen LogP contribution in [0.5, 0.6) is 5.75 Å². The molecule has 0 amide bonds. The van der Waals surface area contributed by atoms with E-state index in [9.17, 15) is 9.18 Å². The summed E-state index contributed by atoms with van der Waals surface area (Å²) < 4.78 is 19.1. The SMILES string of the molecule is O=C(O)c1ccc(COc2ccc(Cl)cc2Cl)c(F)c1. The molecule has 0 aliphatic heterocycles. The molecule has 0 radical (unpaired) electrons. The van der Waals surface area contributed by atoms with Crippen molar-refractivity contribution in [2.24, 2.45) is 0 Å². The highest BCUT2D eigenvalue weighted by atomic mass is 35.5. The van der Waals surface area contributed by atoms with E-state index in [-0.39, 0.29) is 17.7 Å². The van der Waals surface area contributed by atoms with Gasteiger partial charge in [0.15, 0.2) is 0 Å². The minimum atomic E-state index is -1.18. The van der Waals surface area contributed by atoms with Crippen molar-refractivity contribution in [3.05, 3.63) is 63.4 Å². The Kier molecular flexibility index (Phi) is 4.47. The van der Waals surface area contributed by atoms with Gasteiger partial charge in [-0.05, 0) is 30.3 Å². The van der Waals surface area contributed by atoms with E-state index >= 15 is 0 Å². The van der Waals surface area contributed by atoms with E-state index in [0.717, 1.165) is 6.07 Å². The molecule has 6 heteroatoms. The molecule has 0 aliphatic rings. The van der Waals surface area contributed by atoms with E-state index in [1.807, 2.05) is 0 Å². The van der Waals surface area contributed by atoms with Crippen molar-refractivity contribution in [1.29, 1.82) is 0 Å². The first-order valence-electron chi connectivity index (χ1n) is 5.57. The Balaban J connectivity index is 2.13. The topological polar surface area (TPSA) is 46.5 Å². The maximum absolute atomic E-state index is 13.7. The van der Waals surface area contributed by atoms with Gasteiger partial charge in [-0.3, -0.25) is 0 Å². The van der Waals surface area contributed by atoms with Crippen LogP contribution in [0, 0.1) is 5.82 Å². The van der Waals surface area contributed by atoms with Gasteiger partial charge in [0, 0.05) is 10.6 Å². The lowest BCUT2D eigenvalue weighted by Gasteiger charge is -2.09. The Hall–Kier alpha value is -1.78. The standard InChI is InChI=1S/C14H9Cl2FO3/c15-10-3-4-13(11(16)6-10)20-7-9-2-1-8(14(18)19)5-12(9)17/h1-6H,7H2,(H,18,19). The largest absolute Gasteiger partial charge is 0.487 e. The molecule has 0 spiro atoms. The molecule has 0 heterocycles. The van der Waals surface area contributed by atoms with E-state index in [0.29, 0.717) is 15.8 Å². The van der Waals surface area contributed by atoms with Gasteiger partial charge in [0.05, 0.1) is 10.6 Å². The van der Waals surface area contributed by atoms with Crippen molar-refractivity contribution in [2.45, 2.75) is 6.61 Å². The summed E-state index contributed by atoms with van der Waals surface area (Å²) in [6.45, 7) is -0.0624. The summed E-state index contributed by atoms with van der Waals surface area (Å²) in [4.78, 5) is 10.7. The van der Waals surface area contributed by atoms with Crippen LogP contribution in [0.4, 0.5) is 4.39 Å². The van der Waals surface area contributed by atoms with E-state index in [4.69, 9.17) is 33.0 Å². The monoisotopic (exact) mass is 314 g/mol. The molecular formula is C14H9Cl2FO3. The molecule has 0 aliphatic carbocycles. The van der Waals surface area contributed by atoms with Gasteiger partial charge in [0.2, 0.25) is 0 Å². The van der Waals surface area contributed by atoms with E-state index in [2.05, 4.69) is 0 Å². The van der Waals surface area contributed by atoms with Crippen molar-refractivity contribution in [1.82, 2.24) is 0 Å². The third-order valence-electron chi connectivity index (χ3n) is 2.58. The van der Waals surface area contributed by atoms with Crippen molar-refractivity contribution in [2.75, 3.05) is 0 Å². The van der Waals surface area contributed by atoms with Gasteiger partial charge in [-0.15, -0.1) is 0 Å². The summed E-state index contributed by atoms with van der Waals surface area (Å²) in [7, 11) is 0. The second-order valence-electron chi connectivity index (χ2n) is 3.97. The molecule has 104 valence electrons. The summed E-state index contributed by atoms with van der Waals surface area (Å²) in [6.07, 6.45) is 0.